The second-order valence-electron chi connectivity index (χ2n) is 8.86. The summed E-state index contributed by atoms with van der Waals surface area (Å²) >= 11 is 0. The lowest BCUT2D eigenvalue weighted by Crippen LogP contribution is -2.42. The highest BCUT2D eigenvalue weighted by atomic mass is 16.5. The number of esters is 1. The number of H-pyrrole nitrogens is 1. The molecule has 0 bridgehead atoms. The molecule has 5 nitrogen and oxygen atoms in total. The molecule has 2 aliphatic rings. The number of hydrogen-bond donors (Lipinski definition) is 1. The molecule has 2 aromatic carbocycles. The molecule has 170 valence electrons. The van der Waals surface area contributed by atoms with Crippen LogP contribution in [0.25, 0.3) is 0 Å². The molecule has 0 saturated carbocycles. The van der Waals surface area contributed by atoms with E-state index in [1.165, 1.54) is 0 Å². The van der Waals surface area contributed by atoms with Crippen LogP contribution in [0.3, 0.4) is 0 Å². The maximum Gasteiger partial charge on any atom is 0.316 e. The smallest absolute Gasteiger partial charge is 0.316 e. The molecule has 5 rings (SSSR count). The number of pyridine rings is 1. The van der Waals surface area contributed by atoms with Crippen LogP contribution < -0.4 is 10.3 Å². The summed E-state index contributed by atoms with van der Waals surface area (Å²) in [6.07, 6.45) is 4.74. The van der Waals surface area contributed by atoms with Gasteiger partial charge in [-0.2, -0.15) is 0 Å². The van der Waals surface area contributed by atoms with Crippen LogP contribution in [0.2, 0.25) is 0 Å². The van der Waals surface area contributed by atoms with Gasteiger partial charge < -0.3 is 10.1 Å². The predicted octanol–water partition coefficient (Wildman–Crippen LogP) is 4.46. The normalized spacial score (nSPS) is 22.1. The molecule has 0 fully saturated rings. The number of carbonyl (C=O) groups is 2. The molecule has 3 aromatic rings. The first-order valence-corrected chi connectivity index (χ1v) is 11.6. The Morgan fingerprint density at radius 2 is 1.62 bits per heavy atom. The number of aromatic amines is 1. The first-order chi connectivity index (χ1) is 16.6. The van der Waals surface area contributed by atoms with Crippen molar-refractivity contribution < 1.29 is 19.3 Å². The van der Waals surface area contributed by atoms with Gasteiger partial charge in [-0.3, -0.25) is 9.59 Å². The highest BCUT2D eigenvalue weighted by molar-refractivity contribution is 6.01. The van der Waals surface area contributed by atoms with Gasteiger partial charge in [0.15, 0.2) is 18.2 Å². The van der Waals surface area contributed by atoms with E-state index in [1.807, 2.05) is 73.1 Å². The molecule has 1 aliphatic heterocycles. The number of rotatable bonds is 5. The Labute approximate surface area is 199 Å². The minimum atomic E-state index is -0.693. The average molecular weight is 452 g/mol. The summed E-state index contributed by atoms with van der Waals surface area (Å²) in [5, 5.41) is 3.33. The lowest BCUT2D eigenvalue weighted by atomic mass is 9.69. The van der Waals surface area contributed by atoms with Crippen molar-refractivity contribution >= 4 is 11.8 Å². The third-order valence-corrected chi connectivity index (χ3v) is 6.69. The number of carbonyl (C=O) groups excluding carboxylic acids is 2. The summed E-state index contributed by atoms with van der Waals surface area (Å²) in [6, 6.07) is 23.5. The number of aromatic nitrogens is 1. The minimum Gasteiger partial charge on any atom is -0.460 e. The molecule has 0 amide bonds. The van der Waals surface area contributed by atoms with Gasteiger partial charge >= 0.3 is 5.97 Å². The zero-order chi connectivity index (χ0) is 23.5. The Bertz CT molecular complexity index is 1240. The van der Waals surface area contributed by atoms with E-state index in [2.05, 4.69) is 29.0 Å². The molecule has 1 aromatic heterocycles. The number of benzene rings is 2. The largest absolute Gasteiger partial charge is 0.460 e. The maximum atomic E-state index is 13.6. The quantitative estimate of drug-likeness (QED) is 0.582. The highest BCUT2D eigenvalue weighted by Gasteiger charge is 2.45. The molecule has 5 heteroatoms. The first kappa shape index (κ1) is 21.8. The standard InChI is InChI=1S/C29H26N2O3/c1-19-26(29(33)34-18-20-8-4-2-5-9-20)27(22-12-14-30-15-13-22)28-24(31-19)16-23(17-25(28)32)21-10-6-3-7-11-21/h2-15,23,26-27,31H,1,16-18H2/p+1. The molecule has 3 atom stereocenters. The van der Waals surface area contributed by atoms with Crippen molar-refractivity contribution in [2.45, 2.75) is 31.3 Å². The predicted molar refractivity (Wildman–Crippen MR) is 128 cm³/mol. The third-order valence-electron chi connectivity index (χ3n) is 6.69. The molecule has 0 saturated heterocycles. The van der Waals surface area contributed by atoms with Crippen molar-refractivity contribution in [3.05, 3.63) is 125 Å². The van der Waals surface area contributed by atoms with Gasteiger partial charge in [0.25, 0.3) is 0 Å². The van der Waals surface area contributed by atoms with E-state index in [9.17, 15) is 9.59 Å². The van der Waals surface area contributed by atoms with E-state index in [-0.39, 0.29) is 24.3 Å². The van der Waals surface area contributed by atoms with Crippen molar-refractivity contribution in [2.24, 2.45) is 5.92 Å². The number of allylic oxidation sites excluding steroid dienone is 2. The Morgan fingerprint density at radius 1 is 0.941 bits per heavy atom. The second kappa shape index (κ2) is 9.48. The Hall–Kier alpha value is -3.99. The maximum absolute atomic E-state index is 13.6. The number of Topliss-reactive ketones (excluding diaryl/α,β-unsaturated/α-hetero) is 1. The van der Waals surface area contributed by atoms with Crippen molar-refractivity contribution in [1.29, 1.82) is 0 Å². The molecular formula is C29H27N2O3+. The Kier molecular flexibility index (Phi) is 6.09. The first-order valence-electron chi connectivity index (χ1n) is 11.6. The van der Waals surface area contributed by atoms with E-state index < -0.39 is 11.8 Å². The summed E-state index contributed by atoms with van der Waals surface area (Å²) in [4.78, 5) is 30.0. The van der Waals surface area contributed by atoms with Crippen LogP contribution in [0.5, 0.6) is 0 Å². The summed E-state index contributed by atoms with van der Waals surface area (Å²) < 4.78 is 5.71. The van der Waals surface area contributed by atoms with Gasteiger partial charge in [0.1, 0.15) is 12.5 Å². The average Bonchev–Trinajstić information content (AvgIpc) is 2.88. The van der Waals surface area contributed by atoms with E-state index in [4.69, 9.17) is 4.74 Å². The SMILES string of the molecule is C=C1NC2=C(C(=O)CC(c3ccccc3)C2)C(c2cc[nH+]cc2)C1C(=O)OCc1ccccc1. The van der Waals surface area contributed by atoms with Crippen molar-refractivity contribution in [2.75, 3.05) is 0 Å². The van der Waals surface area contributed by atoms with Crippen LogP contribution in [0.15, 0.2) is 109 Å². The van der Waals surface area contributed by atoms with E-state index in [0.717, 1.165) is 22.4 Å². The summed E-state index contributed by atoms with van der Waals surface area (Å²) in [7, 11) is 0. The fraction of sp³-hybridized carbons (Fsp3) is 0.207. The van der Waals surface area contributed by atoms with Crippen LogP contribution in [0.1, 0.15) is 41.4 Å². The third kappa shape index (κ3) is 4.29. The topological polar surface area (TPSA) is 69.5 Å². The zero-order valence-corrected chi connectivity index (χ0v) is 18.9. The van der Waals surface area contributed by atoms with Gasteiger partial charge in [0.05, 0.1) is 0 Å². The molecular weight excluding hydrogens is 424 g/mol. The molecule has 2 heterocycles. The summed E-state index contributed by atoms with van der Waals surface area (Å²) in [5.41, 5.74) is 5.05. The van der Waals surface area contributed by atoms with Crippen LogP contribution in [-0.2, 0) is 20.9 Å². The zero-order valence-electron chi connectivity index (χ0n) is 18.9. The highest BCUT2D eigenvalue weighted by Crippen LogP contribution is 2.47. The van der Waals surface area contributed by atoms with E-state index >= 15 is 0 Å². The van der Waals surface area contributed by atoms with Crippen LogP contribution >= 0.6 is 0 Å². The molecule has 3 unspecified atom stereocenters. The van der Waals surface area contributed by atoms with Gasteiger partial charge in [-0.1, -0.05) is 67.2 Å². The van der Waals surface area contributed by atoms with Crippen molar-refractivity contribution in [3.63, 3.8) is 0 Å². The number of hydrogen-bond acceptors (Lipinski definition) is 4. The molecule has 34 heavy (non-hydrogen) atoms. The van der Waals surface area contributed by atoms with E-state index in [0.29, 0.717) is 24.1 Å². The molecule has 0 spiro atoms. The van der Waals surface area contributed by atoms with Gasteiger partial charge in [-0.25, -0.2) is 4.98 Å². The van der Waals surface area contributed by atoms with Gasteiger partial charge in [0.2, 0.25) is 0 Å². The molecule has 0 radical (unpaired) electrons. The fourth-order valence-corrected chi connectivity index (χ4v) is 5.07. The monoisotopic (exact) mass is 451 g/mol. The summed E-state index contributed by atoms with van der Waals surface area (Å²) in [6.45, 7) is 4.37. The van der Waals surface area contributed by atoms with Crippen LogP contribution in [0.4, 0.5) is 0 Å². The van der Waals surface area contributed by atoms with Crippen LogP contribution in [-0.4, -0.2) is 11.8 Å². The molecule has 2 N–H and O–H groups in total. The van der Waals surface area contributed by atoms with Gasteiger partial charge in [0, 0.05) is 41.4 Å². The number of nitrogens with one attached hydrogen (secondary N) is 2. The number of ketones is 1. The van der Waals surface area contributed by atoms with Crippen LogP contribution in [0, 0.1) is 5.92 Å². The van der Waals surface area contributed by atoms with E-state index in [1.54, 1.807) is 0 Å². The lowest BCUT2D eigenvalue weighted by Gasteiger charge is -2.39. The molecule has 1 aliphatic carbocycles. The number of ether oxygens (including phenoxy) is 1. The van der Waals surface area contributed by atoms with Gasteiger partial charge in [-0.05, 0) is 29.0 Å². The Balaban J connectivity index is 1.49. The minimum absolute atomic E-state index is 0.0637. The fourth-order valence-electron chi connectivity index (χ4n) is 5.07. The van der Waals surface area contributed by atoms with Crippen molar-refractivity contribution in [1.82, 2.24) is 5.32 Å². The van der Waals surface area contributed by atoms with Crippen molar-refractivity contribution in [3.8, 4) is 0 Å². The second-order valence-corrected chi connectivity index (χ2v) is 8.86. The van der Waals surface area contributed by atoms with Gasteiger partial charge in [-0.15, -0.1) is 0 Å². The summed E-state index contributed by atoms with van der Waals surface area (Å²) in [5.74, 6) is -1.36. The lowest BCUT2D eigenvalue weighted by molar-refractivity contribution is -0.378. The Morgan fingerprint density at radius 3 is 2.32 bits per heavy atom.